The second kappa shape index (κ2) is 3.93. The van der Waals surface area contributed by atoms with E-state index in [0.29, 0.717) is 25.6 Å². The van der Waals surface area contributed by atoms with Gasteiger partial charge in [-0.05, 0) is 12.3 Å². The van der Waals surface area contributed by atoms with Gasteiger partial charge in [-0.2, -0.15) is 0 Å². The SMILES string of the molecule is CC(C)CCN1C(=O)C2CNCC2C1=O. The fourth-order valence-corrected chi connectivity index (χ4v) is 2.31. The molecule has 4 nitrogen and oxygen atoms in total. The normalized spacial score (nSPS) is 30.5. The molecule has 2 aliphatic rings. The van der Waals surface area contributed by atoms with Gasteiger partial charge < -0.3 is 5.32 Å². The van der Waals surface area contributed by atoms with Crippen molar-refractivity contribution in [2.75, 3.05) is 19.6 Å². The fraction of sp³-hybridized carbons (Fsp3) is 0.818. The predicted molar refractivity (Wildman–Crippen MR) is 56.0 cm³/mol. The molecule has 0 aliphatic carbocycles. The Hall–Kier alpha value is -0.900. The quantitative estimate of drug-likeness (QED) is 0.679. The van der Waals surface area contributed by atoms with E-state index in [9.17, 15) is 9.59 Å². The lowest BCUT2D eigenvalue weighted by Gasteiger charge is -2.16. The number of fused-ring (bicyclic) bond motifs is 1. The van der Waals surface area contributed by atoms with Crippen molar-refractivity contribution in [2.24, 2.45) is 17.8 Å². The molecule has 84 valence electrons. The zero-order valence-electron chi connectivity index (χ0n) is 9.32. The van der Waals surface area contributed by atoms with Gasteiger partial charge in [0.25, 0.3) is 0 Å². The summed E-state index contributed by atoms with van der Waals surface area (Å²) in [6.45, 7) is 6.16. The molecule has 0 radical (unpaired) electrons. The molecule has 0 aromatic heterocycles. The number of imide groups is 1. The van der Waals surface area contributed by atoms with Crippen molar-refractivity contribution in [3.63, 3.8) is 0 Å². The molecule has 0 saturated carbocycles. The Kier molecular flexibility index (Phi) is 2.78. The topological polar surface area (TPSA) is 49.4 Å². The molecule has 2 saturated heterocycles. The molecule has 2 aliphatic heterocycles. The van der Waals surface area contributed by atoms with Crippen molar-refractivity contribution < 1.29 is 9.59 Å². The van der Waals surface area contributed by atoms with Gasteiger partial charge in [0.1, 0.15) is 0 Å². The van der Waals surface area contributed by atoms with Crippen molar-refractivity contribution in [1.82, 2.24) is 10.2 Å². The highest BCUT2D eigenvalue weighted by Gasteiger charge is 2.49. The van der Waals surface area contributed by atoms with Crippen LogP contribution in [0.3, 0.4) is 0 Å². The van der Waals surface area contributed by atoms with Crippen LogP contribution in [0.15, 0.2) is 0 Å². The molecule has 2 rings (SSSR count). The van der Waals surface area contributed by atoms with Crippen molar-refractivity contribution in [3.05, 3.63) is 0 Å². The molecule has 0 bridgehead atoms. The zero-order chi connectivity index (χ0) is 11.0. The number of nitrogens with zero attached hydrogens (tertiary/aromatic N) is 1. The lowest BCUT2D eigenvalue weighted by Crippen LogP contribution is -2.35. The maximum Gasteiger partial charge on any atom is 0.234 e. The second-order valence-corrected chi connectivity index (χ2v) is 4.88. The van der Waals surface area contributed by atoms with E-state index in [4.69, 9.17) is 0 Å². The number of likely N-dealkylation sites (tertiary alicyclic amines) is 1. The second-order valence-electron chi connectivity index (χ2n) is 4.88. The van der Waals surface area contributed by atoms with Gasteiger partial charge in [-0.25, -0.2) is 0 Å². The first-order chi connectivity index (χ1) is 7.11. The average molecular weight is 210 g/mol. The smallest absolute Gasteiger partial charge is 0.234 e. The van der Waals surface area contributed by atoms with Gasteiger partial charge in [0, 0.05) is 19.6 Å². The van der Waals surface area contributed by atoms with Gasteiger partial charge in [0.05, 0.1) is 11.8 Å². The van der Waals surface area contributed by atoms with Crippen LogP contribution in [-0.2, 0) is 9.59 Å². The number of amides is 2. The van der Waals surface area contributed by atoms with Crippen LogP contribution in [0.5, 0.6) is 0 Å². The van der Waals surface area contributed by atoms with Crippen molar-refractivity contribution >= 4 is 11.8 Å². The fourth-order valence-electron chi connectivity index (χ4n) is 2.31. The van der Waals surface area contributed by atoms with E-state index < -0.39 is 0 Å². The Labute approximate surface area is 90.0 Å². The van der Waals surface area contributed by atoms with E-state index in [1.54, 1.807) is 0 Å². The summed E-state index contributed by atoms with van der Waals surface area (Å²) < 4.78 is 0. The summed E-state index contributed by atoms with van der Waals surface area (Å²) in [6.07, 6.45) is 0.907. The van der Waals surface area contributed by atoms with Crippen LogP contribution < -0.4 is 5.32 Å². The molecule has 0 aromatic rings. The molecular weight excluding hydrogens is 192 g/mol. The lowest BCUT2D eigenvalue weighted by molar-refractivity contribution is -0.140. The van der Waals surface area contributed by atoms with E-state index >= 15 is 0 Å². The monoisotopic (exact) mass is 210 g/mol. The molecule has 0 aromatic carbocycles. The molecule has 2 unspecified atom stereocenters. The Morgan fingerprint density at radius 3 is 2.27 bits per heavy atom. The van der Waals surface area contributed by atoms with Crippen LogP contribution in [0, 0.1) is 17.8 Å². The third-order valence-electron chi connectivity index (χ3n) is 3.31. The zero-order valence-corrected chi connectivity index (χ0v) is 9.32. The maximum atomic E-state index is 11.9. The first kappa shape index (κ1) is 10.6. The summed E-state index contributed by atoms with van der Waals surface area (Å²) in [5, 5.41) is 3.10. The summed E-state index contributed by atoms with van der Waals surface area (Å²) >= 11 is 0. The van der Waals surface area contributed by atoms with Crippen molar-refractivity contribution in [2.45, 2.75) is 20.3 Å². The minimum Gasteiger partial charge on any atom is -0.315 e. The number of hydrogen-bond acceptors (Lipinski definition) is 3. The number of nitrogens with one attached hydrogen (secondary N) is 1. The number of rotatable bonds is 3. The molecule has 15 heavy (non-hydrogen) atoms. The van der Waals surface area contributed by atoms with Crippen LogP contribution in [-0.4, -0.2) is 36.3 Å². The van der Waals surface area contributed by atoms with Crippen LogP contribution in [0.2, 0.25) is 0 Å². The highest BCUT2D eigenvalue weighted by molar-refractivity contribution is 6.05. The number of carbonyl (C=O) groups is 2. The van der Waals surface area contributed by atoms with Gasteiger partial charge in [-0.3, -0.25) is 14.5 Å². The summed E-state index contributed by atoms with van der Waals surface area (Å²) in [6, 6.07) is 0. The first-order valence-corrected chi connectivity index (χ1v) is 5.67. The molecule has 0 spiro atoms. The highest BCUT2D eigenvalue weighted by atomic mass is 16.2. The standard InChI is InChI=1S/C11H18N2O2/c1-7(2)3-4-13-10(14)8-5-12-6-9(8)11(13)15/h7-9,12H,3-6H2,1-2H3. The molecule has 2 fully saturated rings. The average Bonchev–Trinajstić information content (AvgIpc) is 2.71. The van der Waals surface area contributed by atoms with Crippen molar-refractivity contribution in [1.29, 1.82) is 0 Å². The molecule has 2 atom stereocenters. The summed E-state index contributed by atoms with van der Waals surface area (Å²) in [4.78, 5) is 25.2. The number of carbonyl (C=O) groups excluding carboxylic acids is 2. The third kappa shape index (κ3) is 1.78. The Morgan fingerprint density at radius 2 is 1.80 bits per heavy atom. The van der Waals surface area contributed by atoms with Gasteiger partial charge in [0.2, 0.25) is 11.8 Å². The minimum atomic E-state index is -0.0790. The van der Waals surface area contributed by atoms with E-state index in [0.717, 1.165) is 6.42 Å². The molecule has 2 heterocycles. The summed E-state index contributed by atoms with van der Waals surface area (Å²) in [5.74, 6) is 0.449. The van der Waals surface area contributed by atoms with Gasteiger partial charge in [-0.15, -0.1) is 0 Å². The number of hydrogen-bond donors (Lipinski definition) is 1. The Bertz CT molecular complexity index is 266. The molecule has 4 heteroatoms. The molecular formula is C11H18N2O2. The van der Waals surface area contributed by atoms with E-state index in [2.05, 4.69) is 19.2 Å². The maximum absolute atomic E-state index is 11.9. The Balaban J connectivity index is 2.01. The minimum absolute atomic E-state index is 0.0376. The van der Waals surface area contributed by atoms with E-state index in [1.807, 2.05) is 0 Å². The predicted octanol–water partition coefficient (Wildman–Crippen LogP) is 0.237. The largest absolute Gasteiger partial charge is 0.315 e. The van der Waals surface area contributed by atoms with E-state index in [1.165, 1.54) is 4.90 Å². The van der Waals surface area contributed by atoms with Crippen LogP contribution >= 0.6 is 0 Å². The first-order valence-electron chi connectivity index (χ1n) is 5.67. The van der Waals surface area contributed by atoms with Crippen LogP contribution in [0.1, 0.15) is 20.3 Å². The highest BCUT2D eigenvalue weighted by Crippen LogP contribution is 2.29. The van der Waals surface area contributed by atoms with Crippen LogP contribution in [0.25, 0.3) is 0 Å². The van der Waals surface area contributed by atoms with Gasteiger partial charge in [0.15, 0.2) is 0 Å². The molecule has 2 amide bonds. The Morgan fingerprint density at radius 1 is 1.27 bits per heavy atom. The molecule has 1 N–H and O–H groups in total. The van der Waals surface area contributed by atoms with Gasteiger partial charge in [-0.1, -0.05) is 13.8 Å². The third-order valence-corrected chi connectivity index (χ3v) is 3.31. The van der Waals surface area contributed by atoms with Crippen molar-refractivity contribution in [3.8, 4) is 0 Å². The summed E-state index contributed by atoms with van der Waals surface area (Å²) in [7, 11) is 0. The van der Waals surface area contributed by atoms with Gasteiger partial charge >= 0.3 is 0 Å². The summed E-state index contributed by atoms with van der Waals surface area (Å²) in [5.41, 5.74) is 0. The van der Waals surface area contributed by atoms with E-state index in [-0.39, 0.29) is 23.7 Å². The van der Waals surface area contributed by atoms with Crippen LogP contribution in [0.4, 0.5) is 0 Å². The lowest BCUT2D eigenvalue weighted by atomic mass is 10.00.